The zero-order valence-corrected chi connectivity index (χ0v) is 19.3. The topological polar surface area (TPSA) is 40.9 Å². The van der Waals surface area contributed by atoms with Crippen molar-refractivity contribution in [2.24, 2.45) is 35.0 Å². The Morgan fingerprint density at radius 3 is 2.14 bits per heavy atom. The van der Waals surface area contributed by atoms with Crippen molar-refractivity contribution in [3.63, 3.8) is 0 Å². The molecule has 0 N–H and O–H groups in total. The predicted molar refractivity (Wildman–Crippen MR) is 120 cm³/mol. The Bertz CT molecular complexity index is 545. The summed E-state index contributed by atoms with van der Waals surface area (Å²) in [6.07, 6.45) is 21.0. The summed E-state index contributed by atoms with van der Waals surface area (Å²) in [5.74, 6) is 3.83. The number of carbonyl (C=O) groups is 1. The summed E-state index contributed by atoms with van der Waals surface area (Å²) < 4.78 is 0. The van der Waals surface area contributed by atoms with Gasteiger partial charge < -0.3 is 0 Å². The molecule has 2 heteroatoms. The highest BCUT2D eigenvalue weighted by Crippen LogP contribution is 2.52. The highest BCUT2D eigenvalue weighted by Gasteiger charge is 2.46. The SMILES string of the molecule is CCCCCC1CCC(C2CCC(C#N)([C@@H]3CC[C@@H](CCC)C(=O)C3)CC2)CC1. The molecule has 0 aromatic carbocycles. The molecule has 3 aliphatic rings. The number of hydrogen-bond donors (Lipinski definition) is 0. The molecule has 2 nitrogen and oxygen atoms in total. The smallest absolute Gasteiger partial charge is 0.136 e. The minimum absolute atomic E-state index is 0.194. The number of nitrogens with zero attached hydrogens (tertiary/aromatic N) is 1. The van der Waals surface area contributed by atoms with Crippen LogP contribution in [0.2, 0.25) is 0 Å². The maximum Gasteiger partial charge on any atom is 0.136 e. The zero-order chi connectivity index (χ0) is 20.7. The molecular weight excluding hydrogens is 354 g/mol. The fraction of sp³-hybridized carbons (Fsp3) is 0.926. The van der Waals surface area contributed by atoms with Gasteiger partial charge in [-0.2, -0.15) is 5.26 Å². The lowest BCUT2D eigenvalue weighted by molar-refractivity contribution is -0.128. The van der Waals surface area contributed by atoms with E-state index in [4.69, 9.17) is 0 Å². The Morgan fingerprint density at radius 1 is 0.862 bits per heavy atom. The summed E-state index contributed by atoms with van der Waals surface area (Å²) in [6.45, 7) is 4.48. The van der Waals surface area contributed by atoms with E-state index in [-0.39, 0.29) is 11.3 Å². The van der Waals surface area contributed by atoms with Crippen LogP contribution in [0.3, 0.4) is 0 Å². The molecule has 29 heavy (non-hydrogen) atoms. The second-order valence-corrected chi connectivity index (χ2v) is 10.8. The molecule has 0 saturated heterocycles. The zero-order valence-electron chi connectivity index (χ0n) is 19.3. The van der Waals surface area contributed by atoms with Gasteiger partial charge in [-0.05, 0) is 81.5 Å². The lowest BCUT2D eigenvalue weighted by Gasteiger charge is -2.45. The highest BCUT2D eigenvalue weighted by atomic mass is 16.1. The minimum Gasteiger partial charge on any atom is -0.299 e. The lowest BCUT2D eigenvalue weighted by atomic mass is 9.57. The van der Waals surface area contributed by atoms with Crippen molar-refractivity contribution < 1.29 is 4.79 Å². The van der Waals surface area contributed by atoms with Gasteiger partial charge in [0.25, 0.3) is 0 Å². The van der Waals surface area contributed by atoms with Crippen molar-refractivity contribution >= 4 is 5.78 Å². The van der Waals surface area contributed by atoms with E-state index in [1.54, 1.807) is 0 Å². The third-order valence-electron chi connectivity index (χ3n) is 9.10. The van der Waals surface area contributed by atoms with E-state index in [2.05, 4.69) is 19.9 Å². The van der Waals surface area contributed by atoms with Crippen molar-refractivity contribution in [3.8, 4) is 6.07 Å². The van der Waals surface area contributed by atoms with Gasteiger partial charge in [0.15, 0.2) is 0 Å². The largest absolute Gasteiger partial charge is 0.299 e. The summed E-state index contributed by atoms with van der Waals surface area (Å²) >= 11 is 0. The molecule has 3 rings (SSSR count). The first-order valence-electron chi connectivity index (χ1n) is 13.1. The van der Waals surface area contributed by atoms with Crippen molar-refractivity contribution in [1.29, 1.82) is 5.26 Å². The van der Waals surface area contributed by atoms with Crippen LogP contribution in [0.1, 0.15) is 123 Å². The summed E-state index contributed by atoms with van der Waals surface area (Å²) in [4.78, 5) is 12.6. The highest BCUT2D eigenvalue weighted by molar-refractivity contribution is 5.82. The van der Waals surface area contributed by atoms with Crippen LogP contribution in [0.25, 0.3) is 0 Å². The van der Waals surface area contributed by atoms with Gasteiger partial charge in [0.05, 0.1) is 11.5 Å². The summed E-state index contributed by atoms with van der Waals surface area (Å²) in [6, 6.07) is 2.76. The van der Waals surface area contributed by atoms with Crippen molar-refractivity contribution in [2.75, 3.05) is 0 Å². The first kappa shape index (κ1) is 22.8. The van der Waals surface area contributed by atoms with E-state index in [9.17, 15) is 10.1 Å². The average Bonchev–Trinajstić information content (AvgIpc) is 2.76. The van der Waals surface area contributed by atoms with Gasteiger partial charge in [0.2, 0.25) is 0 Å². The molecule has 0 radical (unpaired) electrons. The normalized spacial score (nSPS) is 38.5. The number of ketones is 1. The van der Waals surface area contributed by atoms with Crippen molar-refractivity contribution in [3.05, 3.63) is 0 Å². The number of Topliss-reactive ketones (excluding diaryl/α,β-unsaturated/α-hetero) is 1. The monoisotopic (exact) mass is 399 g/mol. The van der Waals surface area contributed by atoms with E-state index in [1.807, 2.05) is 0 Å². The molecule has 0 bridgehead atoms. The number of hydrogen-bond acceptors (Lipinski definition) is 2. The van der Waals surface area contributed by atoms with Gasteiger partial charge in [-0.1, -0.05) is 58.8 Å². The fourth-order valence-electron chi connectivity index (χ4n) is 7.07. The molecule has 0 unspecified atom stereocenters. The first-order chi connectivity index (χ1) is 14.1. The summed E-state index contributed by atoms with van der Waals surface area (Å²) in [7, 11) is 0. The van der Waals surface area contributed by atoms with Crippen molar-refractivity contribution in [1.82, 2.24) is 0 Å². The fourth-order valence-corrected chi connectivity index (χ4v) is 7.07. The Hall–Kier alpha value is -0.840. The lowest BCUT2D eigenvalue weighted by Crippen LogP contribution is -2.40. The third kappa shape index (κ3) is 5.65. The van der Waals surface area contributed by atoms with Crippen LogP contribution in [-0.4, -0.2) is 5.78 Å². The summed E-state index contributed by atoms with van der Waals surface area (Å²) in [5.41, 5.74) is -0.194. The van der Waals surface area contributed by atoms with Gasteiger partial charge >= 0.3 is 0 Å². The first-order valence-corrected chi connectivity index (χ1v) is 13.1. The predicted octanol–water partition coefficient (Wildman–Crippen LogP) is 7.86. The molecule has 3 fully saturated rings. The molecule has 3 aliphatic carbocycles. The summed E-state index contributed by atoms with van der Waals surface area (Å²) in [5, 5.41) is 10.1. The molecule has 164 valence electrons. The number of nitriles is 1. The van der Waals surface area contributed by atoms with E-state index >= 15 is 0 Å². The van der Waals surface area contributed by atoms with Crippen LogP contribution >= 0.6 is 0 Å². The average molecular weight is 400 g/mol. The second-order valence-electron chi connectivity index (χ2n) is 10.8. The number of carbonyl (C=O) groups excluding carboxylic acids is 1. The van der Waals surface area contributed by atoms with Gasteiger partial charge in [-0.25, -0.2) is 0 Å². The number of unbranched alkanes of at least 4 members (excludes halogenated alkanes) is 2. The number of rotatable bonds is 8. The van der Waals surface area contributed by atoms with Gasteiger partial charge in [0.1, 0.15) is 5.78 Å². The van der Waals surface area contributed by atoms with Crippen LogP contribution in [-0.2, 0) is 4.79 Å². The van der Waals surface area contributed by atoms with Gasteiger partial charge in [0, 0.05) is 12.3 Å². The Kier molecular flexibility index (Phi) is 8.64. The van der Waals surface area contributed by atoms with Crippen LogP contribution in [0.15, 0.2) is 0 Å². The van der Waals surface area contributed by atoms with E-state index < -0.39 is 0 Å². The molecule has 2 atom stereocenters. The molecule has 0 aromatic rings. The van der Waals surface area contributed by atoms with E-state index in [1.165, 1.54) is 64.2 Å². The van der Waals surface area contributed by atoms with Crippen LogP contribution in [0.5, 0.6) is 0 Å². The Balaban J connectivity index is 1.46. The third-order valence-corrected chi connectivity index (χ3v) is 9.10. The quantitative estimate of drug-likeness (QED) is 0.390. The van der Waals surface area contributed by atoms with E-state index in [0.29, 0.717) is 18.1 Å². The standard InChI is InChI=1S/C27H45NO/c1-3-5-6-8-21-9-11-22(12-10-21)23-15-17-27(20-28,18-16-23)25-14-13-24(7-4-2)26(29)19-25/h21-25H,3-19H2,1-2H3/t21?,22?,23?,24-,25-,27?/m1/s1. The maximum absolute atomic E-state index is 12.6. The molecule has 0 aromatic heterocycles. The molecule has 0 aliphatic heterocycles. The molecule has 0 heterocycles. The van der Waals surface area contributed by atoms with Crippen molar-refractivity contribution in [2.45, 2.75) is 123 Å². The Labute approximate surface area is 180 Å². The minimum atomic E-state index is -0.194. The molecule has 0 amide bonds. The second kappa shape index (κ2) is 11.0. The Morgan fingerprint density at radius 2 is 1.55 bits per heavy atom. The maximum atomic E-state index is 12.6. The molecule has 3 saturated carbocycles. The van der Waals surface area contributed by atoms with Crippen LogP contribution in [0.4, 0.5) is 0 Å². The molecule has 0 spiro atoms. The van der Waals surface area contributed by atoms with Crippen LogP contribution < -0.4 is 0 Å². The van der Waals surface area contributed by atoms with Gasteiger partial charge in [-0.3, -0.25) is 4.79 Å². The van der Waals surface area contributed by atoms with E-state index in [0.717, 1.165) is 56.3 Å². The van der Waals surface area contributed by atoms with Crippen LogP contribution in [0, 0.1) is 46.3 Å². The molecular formula is C27H45NO. The van der Waals surface area contributed by atoms with Gasteiger partial charge in [-0.15, -0.1) is 0 Å².